The Hall–Kier alpha value is -1.14. The van der Waals surface area contributed by atoms with Crippen molar-refractivity contribution in [1.29, 1.82) is 0 Å². The van der Waals surface area contributed by atoms with Crippen LogP contribution in [0.2, 0.25) is 0 Å². The molecule has 0 aromatic heterocycles. The molecule has 1 amide bonds. The molecule has 0 radical (unpaired) electrons. The number of rotatable bonds is 2. The first-order valence-electron chi connectivity index (χ1n) is 5.45. The predicted octanol–water partition coefficient (Wildman–Crippen LogP) is 2.72. The molecule has 1 aliphatic rings. The zero-order valence-electron chi connectivity index (χ0n) is 9.95. The molecule has 1 aliphatic heterocycles. The Morgan fingerprint density at radius 1 is 1.58 bits per heavy atom. The highest BCUT2D eigenvalue weighted by Crippen LogP contribution is 2.31. The van der Waals surface area contributed by atoms with Gasteiger partial charge in [0.2, 0.25) is 5.91 Å². The van der Waals surface area contributed by atoms with Crippen LogP contribution in [0.1, 0.15) is 16.8 Å². The van der Waals surface area contributed by atoms with Crippen LogP contribution in [0.5, 0.6) is 0 Å². The molecule has 2 rings (SSSR count). The molecular weight excluding hydrogens is 340 g/mol. The van der Waals surface area contributed by atoms with Gasteiger partial charge in [-0.15, -0.1) is 11.6 Å². The van der Waals surface area contributed by atoms with E-state index in [2.05, 4.69) is 20.7 Å². The maximum Gasteiger partial charge on any atom is 0.340 e. The highest BCUT2D eigenvalue weighted by Gasteiger charge is 2.32. The van der Waals surface area contributed by atoms with Gasteiger partial charge in [0.15, 0.2) is 5.82 Å². The van der Waals surface area contributed by atoms with Crippen molar-refractivity contribution in [3.8, 4) is 0 Å². The number of anilines is 1. The molecule has 102 valence electrons. The van der Waals surface area contributed by atoms with Crippen LogP contribution in [0.3, 0.4) is 0 Å². The molecule has 1 heterocycles. The first-order chi connectivity index (χ1) is 8.93. The van der Waals surface area contributed by atoms with E-state index in [0.717, 1.165) is 7.11 Å². The lowest BCUT2D eigenvalue weighted by atomic mass is 10.1. The third-order valence-corrected chi connectivity index (χ3v) is 3.54. The summed E-state index contributed by atoms with van der Waals surface area (Å²) in [6, 6.07) is 2.75. The number of nitrogens with zero attached hydrogens (tertiary/aromatic N) is 1. The van der Waals surface area contributed by atoms with E-state index in [9.17, 15) is 14.0 Å². The number of carbonyl (C=O) groups is 2. The van der Waals surface area contributed by atoms with Crippen LogP contribution < -0.4 is 4.90 Å². The van der Waals surface area contributed by atoms with Gasteiger partial charge in [-0.05, 0) is 12.1 Å². The lowest BCUT2D eigenvalue weighted by Gasteiger charge is -2.18. The zero-order chi connectivity index (χ0) is 14.2. The number of benzene rings is 1. The number of esters is 1. The van der Waals surface area contributed by atoms with Crippen molar-refractivity contribution in [3.05, 3.63) is 28.0 Å². The van der Waals surface area contributed by atoms with Gasteiger partial charge >= 0.3 is 5.97 Å². The Labute approximate surface area is 122 Å². The minimum absolute atomic E-state index is 0.0305. The molecule has 19 heavy (non-hydrogen) atoms. The van der Waals surface area contributed by atoms with Crippen molar-refractivity contribution < 1.29 is 18.7 Å². The summed E-state index contributed by atoms with van der Waals surface area (Å²) < 4.78 is 19.3. The fourth-order valence-corrected chi connectivity index (χ4v) is 2.64. The monoisotopic (exact) mass is 349 g/mol. The fraction of sp³-hybridized carbons (Fsp3) is 0.333. The first kappa shape index (κ1) is 14.3. The predicted molar refractivity (Wildman–Crippen MR) is 72.1 cm³/mol. The zero-order valence-corrected chi connectivity index (χ0v) is 12.3. The lowest BCUT2D eigenvalue weighted by Crippen LogP contribution is -2.26. The molecule has 1 fully saturated rings. The van der Waals surface area contributed by atoms with Crippen LogP contribution >= 0.6 is 27.5 Å². The number of hydrogen-bond donors (Lipinski definition) is 0. The molecule has 4 nitrogen and oxygen atoms in total. The van der Waals surface area contributed by atoms with Gasteiger partial charge in [0, 0.05) is 17.4 Å². The van der Waals surface area contributed by atoms with Crippen LogP contribution in [0.4, 0.5) is 10.1 Å². The normalized spacial score (nSPS) is 18.8. The number of methoxy groups -OCH3 is 1. The standard InChI is InChI=1S/C12H10BrClFNO3/c1-19-12(18)8-2-6(13)3-9(11(8)15)16-5-7(14)4-10(16)17/h2-3,7H,4-5H2,1H3. The second kappa shape index (κ2) is 5.46. The van der Waals surface area contributed by atoms with E-state index in [-0.39, 0.29) is 35.5 Å². The van der Waals surface area contributed by atoms with Gasteiger partial charge in [0.05, 0.1) is 23.7 Å². The van der Waals surface area contributed by atoms with Crippen molar-refractivity contribution >= 4 is 45.1 Å². The van der Waals surface area contributed by atoms with Crippen LogP contribution in [0.15, 0.2) is 16.6 Å². The van der Waals surface area contributed by atoms with E-state index in [1.807, 2.05) is 0 Å². The summed E-state index contributed by atoms with van der Waals surface area (Å²) in [6.07, 6.45) is 0.154. The minimum atomic E-state index is -0.797. The third-order valence-electron chi connectivity index (χ3n) is 2.79. The van der Waals surface area contributed by atoms with Crippen LogP contribution in [-0.4, -0.2) is 30.9 Å². The summed E-state index contributed by atoms with van der Waals surface area (Å²) in [7, 11) is 1.16. The van der Waals surface area contributed by atoms with Crippen molar-refractivity contribution in [2.75, 3.05) is 18.6 Å². The number of alkyl halides is 1. The molecule has 0 spiro atoms. The molecule has 1 aromatic carbocycles. The average molecular weight is 351 g/mol. The van der Waals surface area contributed by atoms with Crippen LogP contribution in [0.25, 0.3) is 0 Å². The van der Waals surface area contributed by atoms with E-state index in [1.165, 1.54) is 17.0 Å². The molecule has 0 aliphatic carbocycles. The second-order valence-electron chi connectivity index (χ2n) is 4.08. The quantitative estimate of drug-likeness (QED) is 0.608. The minimum Gasteiger partial charge on any atom is -0.465 e. The smallest absolute Gasteiger partial charge is 0.340 e. The van der Waals surface area contributed by atoms with Crippen molar-refractivity contribution in [3.63, 3.8) is 0 Å². The molecule has 0 saturated carbocycles. The first-order valence-corrected chi connectivity index (χ1v) is 6.68. The van der Waals surface area contributed by atoms with Gasteiger partial charge in [0.1, 0.15) is 0 Å². The molecule has 1 atom stereocenters. The highest BCUT2D eigenvalue weighted by molar-refractivity contribution is 9.10. The summed E-state index contributed by atoms with van der Waals surface area (Å²) >= 11 is 9.07. The van der Waals surface area contributed by atoms with Crippen molar-refractivity contribution in [1.82, 2.24) is 0 Å². The van der Waals surface area contributed by atoms with Crippen LogP contribution in [0, 0.1) is 5.82 Å². The summed E-state index contributed by atoms with van der Waals surface area (Å²) in [4.78, 5) is 24.5. The van der Waals surface area contributed by atoms with Gasteiger partial charge in [0.25, 0.3) is 0 Å². The molecule has 0 N–H and O–H groups in total. The Kier molecular flexibility index (Phi) is 4.10. The van der Waals surface area contributed by atoms with E-state index in [4.69, 9.17) is 11.6 Å². The maximum absolute atomic E-state index is 14.3. The van der Waals surface area contributed by atoms with E-state index in [0.29, 0.717) is 4.47 Å². The summed E-state index contributed by atoms with van der Waals surface area (Å²) in [6.45, 7) is 0.217. The Morgan fingerprint density at radius 2 is 2.26 bits per heavy atom. The lowest BCUT2D eigenvalue weighted by molar-refractivity contribution is -0.117. The number of ether oxygens (including phenoxy) is 1. The maximum atomic E-state index is 14.3. The SMILES string of the molecule is COC(=O)c1cc(Br)cc(N2CC(Cl)CC2=O)c1F. The molecule has 0 bridgehead atoms. The highest BCUT2D eigenvalue weighted by atomic mass is 79.9. The number of amides is 1. The summed E-state index contributed by atoms with van der Waals surface area (Å²) in [5, 5.41) is -0.354. The van der Waals surface area contributed by atoms with Gasteiger partial charge in [-0.3, -0.25) is 4.79 Å². The van der Waals surface area contributed by atoms with Crippen LogP contribution in [-0.2, 0) is 9.53 Å². The number of carbonyl (C=O) groups excluding carboxylic acids is 2. The molecule has 1 saturated heterocycles. The largest absolute Gasteiger partial charge is 0.465 e. The van der Waals surface area contributed by atoms with Gasteiger partial charge in [-0.2, -0.15) is 0 Å². The van der Waals surface area contributed by atoms with E-state index in [1.54, 1.807) is 0 Å². The molecule has 1 aromatic rings. The fourth-order valence-electron chi connectivity index (χ4n) is 1.93. The third kappa shape index (κ3) is 2.74. The Balaban J connectivity index is 2.49. The van der Waals surface area contributed by atoms with Crippen molar-refractivity contribution in [2.45, 2.75) is 11.8 Å². The van der Waals surface area contributed by atoms with Gasteiger partial charge in [-0.25, -0.2) is 9.18 Å². The Bertz CT molecular complexity index is 552. The number of hydrogen-bond acceptors (Lipinski definition) is 3. The topological polar surface area (TPSA) is 46.6 Å². The second-order valence-corrected chi connectivity index (χ2v) is 5.62. The number of halogens is 3. The summed E-state index contributed by atoms with van der Waals surface area (Å²) in [5.74, 6) is -1.85. The van der Waals surface area contributed by atoms with E-state index < -0.39 is 11.8 Å². The molecular formula is C12H10BrClFNO3. The Morgan fingerprint density at radius 3 is 2.79 bits per heavy atom. The molecule has 7 heteroatoms. The van der Waals surface area contributed by atoms with Gasteiger partial charge < -0.3 is 9.64 Å². The summed E-state index contributed by atoms with van der Waals surface area (Å²) in [5.41, 5.74) is -0.194. The van der Waals surface area contributed by atoms with Crippen molar-refractivity contribution in [2.24, 2.45) is 0 Å². The average Bonchev–Trinajstić information content (AvgIpc) is 2.70. The molecule has 1 unspecified atom stereocenters. The van der Waals surface area contributed by atoms with Gasteiger partial charge in [-0.1, -0.05) is 15.9 Å². The van der Waals surface area contributed by atoms with E-state index >= 15 is 0 Å².